The first-order valence-electron chi connectivity index (χ1n) is 21.6. The van der Waals surface area contributed by atoms with Gasteiger partial charge in [0.15, 0.2) is 5.75 Å². The van der Waals surface area contributed by atoms with E-state index in [2.05, 4.69) is 17.4 Å². The number of benzene rings is 2. The van der Waals surface area contributed by atoms with Crippen molar-refractivity contribution in [3.63, 3.8) is 0 Å². The topological polar surface area (TPSA) is 223 Å². The van der Waals surface area contributed by atoms with Crippen molar-refractivity contribution < 1.29 is 63.7 Å². The van der Waals surface area contributed by atoms with Crippen LogP contribution in [0.25, 0.3) is 10.8 Å². The number of allylic oxidation sites excluding steroid dienone is 2. The van der Waals surface area contributed by atoms with Crippen LogP contribution in [0.4, 0.5) is 5.69 Å². The number of hydrogen-bond acceptors (Lipinski definition) is 14. The van der Waals surface area contributed by atoms with Gasteiger partial charge in [-0.25, -0.2) is 0 Å². The molecular formula is C47H66N2O13. The molecular weight excluding hydrogens is 801 g/mol. The fraction of sp³-hybridized carbons (Fsp3) is 0.574. The second kappa shape index (κ2) is 21.8. The van der Waals surface area contributed by atoms with Crippen LogP contribution in [0.2, 0.25) is 0 Å². The van der Waals surface area contributed by atoms with E-state index >= 15 is 0 Å². The number of aliphatic hydroxyl groups excluding tert-OH is 2. The Morgan fingerprint density at radius 3 is 2.21 bits per heavy atom. The molecule has 2 aromatic carbocycles. The Morgan fingerprint density at radius 2 is 1.56 bits per heavy atom. The number of anilines is 1. The van der Waals surface area contributed by atoms with Gasteiger partial charge in [-0.15, -0.1) is 0 Å². The number of ketones is 1. The van der Waals surface area contributed by atoms with Crippen molar-refractivity contribution in [1.29, 1.82) is 0 Å². The van der Waals surface area contributed by atoms with Crippen LogP contribution < -0.4 is 10.1 Å². The number of nitrogens with one attached hydrogen (secondary N) is 1. The summed E-state index contributed by atoms with van der Waals surface area (Å²) in [7, 11) is 1.43. The Morgan fingerprint density at radius 1 is 0.903 bits per heavy atom. The molecule has 3 aliphatic heterocycles. The van der Waals surface area contributed by atoms with Crippen molar-refractivity contribution in [2.24, 2.45) is 28.8 Å². The summed E-state index contributed by atoms with van der Waals surface area (Å²) in [5.41, 5.74) is -0.538. The summed E-state index contributed by atoms with van der Waals surface area (Å²) in [4.78, 5) is 46.0. The number of phenolic OH excluding ortho intramolecular Hbond substituents is 3. The van der Waals surface area contributed by atoms with Crippen molar-refractivity contribution in [1.82, 2.24) is 0 Å². The Labute approximate surface area is 364 Å². The Bertz CT molecular complexity index is 2060. The number of Topliss-reactive ketones (excluding diaryl/α,β-unsaturated/α-hetero) is 1. The zero-order valence-electron chi connectivity index (χ0n) is 37.7. The average Bonchev–Trinajstić information content (AvgIpc) is 3.50. The van der Waals surface area contributed by atoms with E-state index in [1.165, 1.54) is 66.1 Å². The number of hydrogen-bond donors (Lipinski definition) is 6. The van der Waals surface area contributed by atoms with Gasteiger partial charge in [-0.1, -0.05) is 90.1 Å². The molecule has 5 rings (SSSR count). The van der Waals surface area contributed by atoms with E-state index in [-0.39, 0.29) is 51.1 Å². The van der Waals surface area contributed by atoms with E-state index in [1.807, 2.05) is 0 Å². The number of aliphatic hydroxyl groups is 2. The number of fused-ring (bicyclic) bond motifs is 14. The number of rotatable bonds is 12. The average molecular weight is 867 g/mol. The molecule has 0 fully saturated rings. The summed E-state index contributed by atoms with van der Waals surface area (Å²) < 4.78 is 23.6. The third kappa shape index (κ3) is 10.9. The van der Waals surface area contributed by atoms with Gasteiger partial charge in [-0.2, -0.15) is 0 Å². The molecule has 0 radical (unpaired) electrons. The van der Waals surface area contributed by atoms with Crippen molar-refractivity contribution in [3.05, 3.63) is 52.8 Å². The molecule has 0 aromatic heterocycles. The molecule has 0 saturated carbocycles. The van der Waals surface area contributed by atoms with Gasteiger partial charge >= 0.3 is 11.8 Å². The van der Waals surface area contributed by atoms with E-state index in [0.29, 0.717) is 0 Å². The Hall–Kier alpha value is -5.12. The maximum Gasteiger partial charge on any atom is 0.312 e. The summed E-state index contributed by atoms with van der Waals surface area (Å²) in [5, 5.41) is 64.4. The quantitative estimate of drug-likeness (QED) is 0.0299. The number of nitrogens with zero attached hydrogens (tertiary/aromatic N) is 1. The molecule has 342 valence electrons. The van der Waals surface area contributed by atoms with Gasteiger partial charge in [-0.05, 0) is 32.8 Å². The first-order chi connectivity index (χ1) is 29.3. The molecule has 3 heterocycles. The van der Waals surface area contributed by atoms with E-state index < -0.39 is 88.8 Å². The van der Waals surface area contributed by atoms with Crippen molar-refractivity contribution in [2.45, 2.75) is 137 Å². The van der Waals surface area contributed by atoms with Gasteiger partial charge in [0.1, 0.15) is 30.0 Å². The largest absolute Gasteiger partial charge is 0.507 e. The third-order valence-electron chi connectivity index (χ3n) is 12.1. The number of unbranched alkanes of at least 4 members (excludes halogenated alkanes) is 6. The molecule has 0 aliphatic carbocycles. The normalized spacial score (nSPS) is 29.2. The highest BCUT2D eigenvalue weighted by Gasteiger charge is 2.50. The predicted octanol–water partition coefficient (Wildman–Crippen LogP) is 7.86. The second-order valence-corrected chi connectivity index (χ2v) is 16.8. The molecule has 0 unspecified atom stereocenters. The van der Waals surface area contributed by atoms with Crippen LogP contribution in [0.15, 0.2) is 41.3 Å². The van der Waals surface area contributed by atoms with Crippen molar-refractivity contribution in [2.75, 3.05) is 19.0 Å². The lowest BCUT2D eigenvalue weighted by molar-refractivity contribution is -0.160. The van der Waals surface area contributed by atoms with Crippen LogP contribution in [0.1, 0.15) is 122 Å². The standard InChI is InChI=1S/C47H66N2O13/c1-11-12-13-14-15-16-17-22-60-48-24-32-37-42(55)35-34(41(32)54)36-44(30(7)40(35)53)62-47(9,45(36)56)59-23-21-33(58-10)27(4)43(61-31(8)50)29(6)39(52)28(5)38(51)25(2)19-18-20-26(3)46(57)49-37/h18-21,23-25,27-29,33,38-39,43,51-55H,11-17,22H2,1-10H3,(H,49,57)/b19-18+,23-21+,26-20-,48-24?/t25-,27-,28+,29-,33-,38-,39+,43+,47-/m0/s1. The molecule has 5 bridgehead atoms. The molecule has 9 atom stereocenters. The highest BCUT2D eigenvalue weighted by Crippen LogP contribution is 2.55. The SMILES string of the molecule is CCCCCCCCCON=Cc1c2c(O)c3c(O)c(C)c4c(c3c1O)C(=O)[C@@](C)(O/C=C/[C@H](OC)[C@H](C)[C@@H](OC(C)=O)[C@@H](C)[C@H](O)[C@H](C)[C@@H](O)[C@@H](C)/C=C/C=C(/C)C(=O)N2)O4. The van der Waals surface area contributed by atoms with Crippen LogP contribution >= 0.6 is 0 Å². The molecule has 0 spiro atoms. The van der Waals surface area contributed by atoms with Crippen molar-refractivity contribution in [3.8, 4) is 23.0 Å². The number of ether oxygens (including phenoxy) is 4. The monoisotopic (exact) mass is 866 g/mol. The molecule has 6 N–H and O–H groups in total. The lowest BCUT2D eigenvalue weighted by Crippen LogP contribution is -2.46. The number of carbonyl (C=O) groups is 3. The number of oxime groups is 1. The van der Waals surface area contributed by atoms with E-state index in [1.54, 1.807) is 39.8 Å². The van der Waals surface area contributed by atoms with Crippen molar-refractivity contribution >= 4 is 40.3 Å². The van der Waals surface area contributed by atoms with Crippen LogP contribution in [0.5, 0.6) is 23.0 Å². The van der Waals surface area contributed by atoms with Crippen LogP contribution in [-0.4, -0.2) is 93.3 Å². The minimum atomic E-state index is -2.06. The van der Waals surface area contributed by atoms with Gasteiger partial charge in [0.2, 0.25) is 0 Å². The summed E-state index contributed by atoms with van der Waals surface area (Å²) in [6.45, 7) is 14.9. The number of phenols is 3. The first-order valence-corrected chi connectivity index (χ1v) is 21.6. The highest BCUT2D eigenvalue weighted by atomic mass is 16.7. The Balaban J connectivity index is 1.87. The zero-order valence-corrected chi connectivity index (χ0v) is 37.7. The number of carbonyl (C=O) groups excluding carboxylic acids is 3. The fourth-order valence-corrected chi connectivity index (χ4v) is 8.14. The second-order valence-electron chi connectivity index (χ2n) is 16.8. The van der Waals surface area contributed by atoms with Gasteiger partial charge in [0.25, 0.3) is 11.7 Å². The lowest BCUT2D eigenvalue weighted by atomic mass is 9.78. The Kier molecular flexibility index (Phi) is 17.4. The van der Waals surface area contributed by atoms with E-state index in [4.69, 9.17) is 23.8 Å². The first kappa shape index (κ1) is 49.5. The minimum absolute atomic E-state index is 0.0426. The summed E-state index contributed by atoms with van der Waals surface area (Å²) >= 11 is 0. The number of esters is 1. The van der Waals surface area contributed by atoms with Crippen LogP contribution in [0, 0.1) is 30.6 Å². The lowest BCUT2D eigenvalue weighted by Gasteiger charge is -2.38. The molecule has 0 saturated heterocycles. The zero-order chi connectivity index (χ0) is 46.1. The highest BCUT2D eigenvalue weighted by molar-refractivity contribution is 6.23. The third-order valence-corrected chi connectivity index (χ3v) is 12.1. The molecule has 1 amide bonds. The van der Waals surface area contributed by atoms with Gasteiger partial charge in [0.05, 0.1) is 53.0 Å². The van der Waals surface area contributed by atoms with E-state index in [9.17, 15) is 39.9 Å². The van der Waals surface area contributed by atoms with Crippen LogP contribution in [-0.2, 0) is 28.6 Å². The molecule has 62 heavy (non-hydrogen) atoms. The number of amides is 1. The molecule has 15 heteroatoms. The number of aromatic hydroxyl groups is 3. The van der Waals surface area contributed by atoms with Gasteiger partial charge < -0.3 is 54.6 Å². The summed E-state index contributed by atoms with van der Waals surface area (Å²) in [5.74, 6) is -8.54. The number of methoxy groups -OCH3 is 1. The summed E-state index contributed by atoms with van der Waals surface area (Å²) in [6.07, 6.45) is 12.0. The van der Waals surface area contributed by atoms with Crippen LogP contribution in [0.3, 0.4) is 0 Å². The molecule has 3 aliphatic rings. The maximum absolute atomic E-state index is 14.4. The predicted molar refractivity (Wildman–Crippen MR) is 235 cm³/mol. The smallest absolute Gasteiger partial charge is 0.312 e. The van der Waals surface area contributed by atoms with Gasteiger partial charge in [-0.3, -0.25) is 14.4 Å². The maximum atomic E-state index is 14.4. The van der Waals surface area contributed by atoms with E-state index in [0.717, 1.165) is 38.3 Å². The summed E-state index contributed by atoms with van der Waals surface area (Å²) in [6, 6.07) is 0. The molecule has 2 aromatic rings. The fourth-order valence-electron chi connectivity index (χ4n) is 8.14. The minimum Gasteiger partial charge on any atom is -0.507 e. The molecule has 15 nitrogen and oxygen atoms in total. The van der Waals surface area contributed by atoms with Gasteiger partial charge in [0, 0.05) is 61.2 Å².